The number of piperazine rings is 1. The fourth-order valence-electron chi connectivity index (χ4n) is 6.90. The van der Waals surface area contributed by atoms with E-state index in [9.17, 15) is 19.2 Å². The number of carbonyl (C=O) groups is 2. The summed E-state index contributed by atoms with van der Waals surface area (Å²) in [5.74, 6) is 0.707. The van der Waals surface area contributed by atoms with Gasteiger partial charge in [0, 0.05) is 31.1 Å². The fraction of sp³-hybridized carbons (Fsp3) is 0.654. The summed E-state index contributed by atoms with van der Waals surface area (Å²) in [6.45, 7) is 3.29. The van der Waals surface area contributed by atoms with Crippen molar-refractivity contribution in [2.24, 2.45) is 17.8 Å². The summed E-state index contributed by atoms with van der Waals surface area (Å²) < 4.78 is 13.5. The largest absolute Gasteiger partial charge is 0.330 e. The van der Waals surface area contributed by atoms with Crippen LogP contribution in [0.2, 0.25) is 0 Å². The molecule has 0 N–H and O–H groups in total. The van der Waals surface area contributed by atoms with Gasteiger partial charge >= 0.3 is 0 Å². The Bertz CT molecular complexity index is 1000. The van der Waals surface area contributed by atoms with Gasteiger partial charge in [-0.1, -0.05) is 25.5 Å². The van der Waals surface area contributed by atoms with Gasteiger partial charge in [0.05, 0.1) is 18.2 Å². The van der Waals surface area contributed by atoms with Crippen molar-refractivity contribution in [3.8, 4) is 6.07 Å². The minimum atomic E-state index is -0.283. The van der Waals surface area contributed by atoms with E-state index < -0.39 is 0 Å². The van der Waals surface area contributed by atoms with Crippen LogP contribution in [0.5, 0.6) is 0 Å². The lowest BCUT2D eigenvalue weighted by Crippen LogP contribution is -2.55. The van der Waals surface area contributed by atoms with Gasteiger partial charge in [0.1, 0.15) is 11.9 Å². The lowest BCUT2D eigenvalue weighted by molar-refractivity contribution is -0.144. The third-order valence-electron chi connectivity index (χ3n) is 8.86. The number of carbonyl (C=O) groups excluding carboxylic acids is 2. The molecule has 7 heteroatoms. The summed E-state index contributed by atoms with van der Waals surface area (Å²) in [6.07, 6.45) is 6.05. The van der Waals surface area contributed by atoms with Crippen molar-refractivity contribution in [2.45, 2.75) is 75.7 Å². The Morgan fingerprint density at radius 1 is 1.21 bits per heavy atom. The maximum Gasteiger partial charge on any atom is 0.240 e. The minimum absolute atomic E-state index is 0.0239. The van der Waals surface area contributed by atoms with Crippen LogP contribution in [0.3, 0.4) is 0 Å². The molecule has 33 heavy (non-hydrogen) atoms. The zero-order valence-corrected chi connectivity index (χ0v) is 19.1. The second-order valence-electron chi connectivity index (χ2n) is 10.9. The first kappa shape index (κ1) is 21.1. The summed E-state index contributed by atoms with van der Waals surface area (Å²) in [6, 6.07) is 8.94. The van der Waals surface area contributed by atoms with E-state index in [2.05, 4.69) is 15.9 Å². The molecule has 1 unspecified atom stereocenters. The molecule has 6 nitrogen and oxygen atoms in total. The van der Waals surface area contributed by atoms with Crippen molar-refractivity contribution < 1.29 is 14.0 Å². The average Bonchev–Trinajstić information content (AvgIpc) is 3.11. The van der Waals surface area contributed by atoms with Gasteiger partial charge < -0.3 is 9.80 Å². The predicted octanol–water partition coefficient (Wildman–Crippen LogP) is 3.10. The number of likely N-dealkylation sites (tertiary alicyclic amines) is 3. The topological polar surface area (TPSA) is 67.7 Å². The summed E-state index contributed by atoms with van der Waals surface area (Å²) in [7, 11) is 0. The molecule has 2 aliphatic carbocycles. The summed E-state index contributed by atoms with van der Waals surface area (Å²) in [4.78, 5) is 32.8. The van der Waals surface area contributed by atoms with E-state index in [4.69, 9.17) is 0 Å². The molecule has 0 aromatic heterocycles. The first-order chi connectivity index (χ1) is 16.0. The van der Waals surface area contributed by atoms with Crippen LogP contribution in [0.1, 0.15) is 57.1 Å². The quantitative estimate of drug-likeness (QED) is 0.668. The number of nitriles is 1. The highest BCUT2D eigenvalue weighted by Gasteiger charge is 2.56. The average molecular weight is 451 g/mol. The van der Waals surface area contributed by atoms with E-state index in [1.807, 2.05) is 24.0 Å². The number of piperidine rings is 1. The first-order valence-electron chi connectivity index (χ1n) is 12.5. The van der Waals surface area contributed by atoms with Crippen molar-refractivity contribution in [1.82, 2.24) is 14.7 Å². The van der Waals surface area contributed by atoms with Gasteiger partial charge in [-0.05, 0) is 61.6 Å². The molecule has 0 spiro atoms. The standard InChI is InChI=1S/C26H31FN4O2/c1-15(25(32)30-20(12-28)9-18-10-22(18)30)13-29-14-21-11-23(29)26(33)31(21)24(16-3-2-4-16)17-5-7-19(27)8-6-17/h5-8,15-16,18,20-24H,2-4,9-11,13-14H2,1H3/t15-,18+,20-,21-,22?,23-,24-/m0/s1. The van der Waals surface area contributed by atoms with E-state index in [-0.39, 0.29) is 53.8 Å². The SMILES string of the molecule is C[C@@H](CN1C[C@@H]2C[C@H]1C(=O)N2[C@H](c1ccc(F)cc1)C1CCC1)C(=O)N1C2C[C@H]2C[C@H]1C#N. The van der Waals surface area contributed by atoms with Gasteiger partial charge in [-0.25, -0.2) is 4.39 Å². The van der Waals surface area contributed by atoms with Crippen molar-refractivity contribution in [3.63, 3.8) is 0 Å². The van der Waals surface area contributed by atoms with E-state index >= 15 is 0 Å². The van der Waals surface area contributed by atoms with Crippen molar-refractivity contribution >= 4 is 11.8 Å². The minimum Gasteiger partial charge on any atom is -0.330 e. The van der Waals surface area contributed by atoms with E-state index in [0.717, 1.165) is 44.2 Å². The molecule has 174 valence electrons. The van der Waals surface area contributed by atoms with Crippen LogP contribution < -0.4 is 0 Å². The third kappa shape index (κ3) is 3.37. The Labute approximate surface area is 194 Å². The second kappa shape index (κ2) is 7.80. The highest BCUT2D eigenvalue weighted by atomic mass is 19.1. The molecular weight excluding hydrogens is 419 g/mol. The predicted molar refractivity (Wildman–Crippen MR) is 119 cm³/mol. The van der Waals surface area contributed by atoms with Crippen molar-refractivity contribution in [1.29, 1.82) is 5.26 Å². The Kier molecular flexibility index (Phi) is 4.99. The first-order valence-corrected chi connectivity index (χ1v) is 12.5. The Hall–Kier alpha value is -2.46. The summed E-state index contributed by atoms with van der Waals surface area (Å²) >= 11 is 0. The molecule has 1 aromatic carbocycles. The molecule has 0 radical (unpaired) electrons. The lowest BCUT2D eigenvalue weighted by atomic mass is 9.76. The summed E-state index contributed by atoms with van der Waals surface area (Å²) in [5, 5.41) is 9.45. The highest BCUT2D eigenvalue weighted by Crippen LogP contribution is 2.49. The maximum atomic E-state index is 13.5. The molecular formula is C26H31FN4O2. The number of amides is 2. The van der Waals surface area contributed by atoms with Gasteiger partial charge in [0.2, 0.25) is 11.8 Å². The molecule has 2 amide bonds. The molecule has 2 bridgehead atoms. The number of fused-ring (bicyclic) bond motifs is 3. The zero-order chi connectivity index (χ0) is 22.9. The van der Waals surface area contributed by atoms with Gasteiger partial charge in [-0.2, -0.15) is 5.26 Å². The fourth-order valence-corrected chi connectivity index (χ4v) is 6.90. The normalized spacial score (nSPS) is 34.7. The number of halogens is 1. The number of hydrogen-bond acceptors (Lipinski definition) is 4. The zero-order valence-electron chi connectivity index (χ0n) is 19.1. The molecule has 3 saturated heterocycles. The van der Waals surface area contributed by atoms with Crippen LogP contribution in [0.25, 0.3) is 0 Å². The molecule has 3 aliphatic heterocycles. The molecule has 5 fully saturated rings. The molecule has 5 aliphatic rings. The Balaban J connectivity index is 1.15. The lowest BCUT2D eigenvalue weighted by Gasteiger charge is -2.45. The molecule has 1 aromatic rings. The molecule has 7 atom stereocenters. The molecule has 6 rings (SSSR count). The summed E-state index contributed by atoms with van der Waals surface area (Å²) in [5.41, 5.74) is 1.03. The van der Waals surface area contributed by atoms with Crippen molar-refractivity contribution in [3.05, 3.63) is 35.6 Å². The van der Waals surface area contributed by atoms with Gasteiger partial charge in [-0.15, -0.1) is 0 Å². The van der Waals surface area contributed by atoms with Crippen LogP contribution in [0.15, 0.2) is 24.3 Å². The van der Waals surface area contributed by atoms with Crippen LogP contribution in [0.4, 0.5) is 4.39 Å². The monoisotopic (exact) mass is 450 g/mol. The van der Waals surface area contributed by atoms with Crippen LogP contribution in [-0.4, -0.2) is 63.8 Å². The van der Waals surface area contributed by atoms with Crippen LogP contribution >= 0.6 is 0 Å². The van der Waals surface area contributed by atoms with E-state index in [0.29, 0.717) is 18.4 Å². The number of benzene rings is 1. The van der Waals surface area contributed by atoms with E-state index in [1.54, 1.807) is 0 Å². The maximum absolute atomic E-state index is 13.5. The highest BCUT2D eigenvalue weighted by molar-refractivity contribution is 5.86. The van der Waals surface area contributed by atoms with Crippen LogP contribution in [-0.2, 0) is 9.59 Å². The van der Waals surface area contributed by atoms with Crippen molar-refractivity contribution in [2.75, 3.05) is 13.1 Å². The van der Waals surface area contributed by atoms with Gasteiger partial charge in [0.25, 0.3) is 0 Å². The number of rotatable bonds is 6. The molecule has 2 saturated carbocycles. The third-order valence-corrected chi connectivity index (χ3v) is 8.86. The van der Waals surface area contributed by atoms with E-state index in [1.165, 1.54) is 18.6 Å². The van der Waals surface area contributed by atoms with Gasteiger partial charge in [-0.3, -0.25) is 14.5 Å². The number of hydrogen-bond donors (Lipinski definition) is 0. The Morgan fingerprint density at radius 3 is 2.61 bits per heavy atom. The number of nitrogens with zero attached hydrogens (tertiary/aromatic N) is 4. The van der Waals surface area contributed by atoms with Crippen LogP contribution in [0, 0.1) is 34.9 Å². The van der Waals surface area contributed by atoms with Gasteiger partial charge in [0.15, 0.2) is 0 Å². The Morgan fingerprint density at radius 2 is 1.97 bits per heavy atom. The second-order valence-corrected chi connectivity index (χ2v) is 10.9. The smallest absolute Gasteiger partial charge is 0.240 e. The molecule has 3 heterocycles.